The summed E-state index contributed by atoms with van der Waals surface area (Å²) in [5, 5.41) is 9.57. The molecule has 0 unspecified atom stereocenters. The number of esters is 1. The Kier molecular flexibility index (Phi) is 6.66. The Morgan fingerprint density at radius 1 is 1.21 bits per heavy atom. The summed E-state index contributed by atoms with van der Waals surface area (Å²) in [4.78, 5) is 12.3. The van der Waals surface area contributed by atoms with E-state index in [0.29, 0.717) is 5.75 Å². The molecule has 130 valence electrons. The van der Waals surface area contributed by atoms with Crippen molar-refractivity contribution < 1.29 is 14.3 Å². The summed E-state index contributed by atoms with van der Waals surface area (Å²) in [5.41, 5.74) is -0.230. The second-order valence-corrected chi connectivity index (χ2v) is 6.72. The number of methoxy groups -OCH3 is 1. The number of unbranched alkanes of at least 4 members (excludes halogenated alkanes) is 2. The minimum Gasteiger partial charge on any atom is -0.497 e. The van der Waals surface area contributed by atoms with Gasteiger partial charge in [0.1, 0.15) is 11.5 Å². The average Bonchev–Trinajstić information content (AvgIpc) is 2.63. The van der Waals surface area contributed by atoms with E-state index in [4.69, 9.17) is 9.47 Å². The van der Waals surface area contributed by atoms with Gasteiger partial charge in [-0.3, -0.25) is 4.79 Å². The molecule has 2 rings (SSSR count). The maximum absolute atomic E-state index is 12.3. The molecule has 0 bridgehead atoms. The van der Waals surface area contributed by atoms with Gasteiger partial charge in [0.25, 0.3) is 0 Å². The zero-order valence-corrected chi connectivity index (χ0v) is 14.7. The van der Waals surface area contributed by atoms with Gasteiger partial charge in [-0.2, -0.15) is 5.26 Å². The molecule has 4 nitrogen and oxygen atoms in total. The molecule has 1 aliphatic rings. The summed E-state index contributed by atoms with van der Waals surface area (Å²) in [6.07, 6.45) is 7.49. The molecule has 0 aromatic heterocycles. The fourth-order valence-corrected chi connectivity index (χ4v) is 3.38. The normalized spacial score (nSPS) is 23.3. The minimum atomic E-state index is -0.230. The van der Waals surface area contributed by atoms with E-state index >= 15 is 0 Å². The monoisotopic (exact) mass is 329 g/mol. The number of carbonyl (C=O) groups is 1. The third kappa shape index (κ3) is 4.74. The molecule has 0 saturated heterocycles. The summed E-state index contributed by atoms with van der Waals surface area (Å²) in [5.74, 6) is 0.999. The van der Waals surface area contributed by atoms with E-state index in [2.05, 4.69) is 13.0 Å². The quantitative estimate of drug-likeness (QED) is 0.406. The lowest BCUT2D eigenvalue weighted by atomic mass is 9.69. The van der Waals surface area contributed by atoms with Gasteiger partial charge >= 0.3 is 5.97 Å². The van der Waals surface area contributed by atoms with Crippen LogP contribution >= 0.6 is 0 Å². The van der Waals surface area contributed by atoms with Crippen LogP contribution in [0.4, 0.5) is 0 Å². The number of ether oxygens (including phenoxy) is 2. The van der Waals surface area contributed by atoms with Crippen molar-refractivity contribution in [3.63, 3.8) is 0 Å². The van der Waals surface area contributed by atoms with Crippen molar-refractivity contribution in [1.29, 1.82) is 5.26 Å². The molecule has 0 spiro atoms. The van der Waals surface area contributed by atoms with Gasteiger partial charge in [0.05, 0.1) is 24.5 Å². The molecule has 0 radical (unpaired) electrons. The van der Waals surface area contributed by atoms with E-state index in [1.165, 1.54) is 12.8 Å². The fourth-order valence-electron chi connectivity index (χ4n) is 3.38. The van der Waals surface area contributed by atoms with E-state index in [1.807, 2.05) is 0 Å². The van der Waals surface area contributed by atoms with E-state index in [9.17, 15) is 10.1 Å². The lowest BCUT2D eigenvalue weighted by Crippen LogP contribution is -2.31. The van der Waals surface area contributed by atoms with Crippen LogP contribution < -0.4 is 9.47 Å². The van der Waals surface area contributed by atoms with Crippen LogP contribution in [0.25, 0.3) is 0 Å². The first-order valence-electron chi connectivity index (χ1n) is 8.89. The standard InChI is InChI=1S/C20H27NO3/c1-3-4-5-12-20(15-21)13-10-16(11-14-20)19(22)24-18-8-6-17(23-2)7-9-18/h6-9,16H,3-5,10-14H2,1-2H3/t16-,20-. The first-order chi connectivity index (χ1) is 11.6. The van der Waals surface area contributed by atoms with Crippen LogP contribution in [-0.4, -0.2) is 13.1 Å². The number of benzene rings is 1. The lowest BCUT2D eigenvalue weighted by molar-refractivity contribution is -0.140. The second kappa shape index (κ2) is 8.73. The van der Waals surface area contributed by atoms with Gasteiger partial charge in [0, 0.05) is 0 Å². The molecule has 0 amide bonds. The van der Waals surface area contributed by atoms with Crippen molar-refractivity contribution >= 4 is 5.97 Å². The predicted octanol–water partition coefficient (Wildman–Crippen LogP) is 4.88. The SMILES string of the molecule is CCCCC[C@]1(C#N)CC[C@H](C(=O)Oc2ccc(OC)cc2)CC1. The Bertz CT molecular complexity index is 566. The highest BCUT2D eigenvalue weighted by Crippen LogP contribution is 2.42. The lowest BCUT2D eigenvalue weighted by Gasteiger charge is -2.34. The Labute approximate surface area is 144 Å². The molecule has 0 N–H and O–H groups in total. The second-order valence-electron chi connectivity index (χ2n) is 6.72. The number of hydrogen-bond acceptors (Lipinski definition) is 4. The average molecular weight is 329 g/mol. The molecule has 1 aromatic rings. The number of rotatable bonds is 7. The van der Waals surface area contributed by atoms with Crippen molar-refractivity contribution in [1.82, 2.24) is 0 Å². The molecule has 1 aromatic carbocycles. The zero-order valence-electron chi connectivity index (χ0n) is 14.7. The topological polar surface area (TPSA) is 59.3 Å². The van der Waals surface area contributed by atoms with Crippen molar-refractivity contribution in [2.45, 2.75) is 58.3 Å². The van der Waals surface area contributed by atoms with Gasteiger partial charge in [-0.1, -0.05) is 26.2 Å². The van der Waals surface area contributed by atoms with Gasteiger partial charge in [-0.05, 0) is 56.4 Å². The van der Waals surface area contributed by atoms with Gasteiger partial charge in [-0.15, -0.1) is 0 Å². The third-order valence-electron chi connectivity index (χ3n) is 5.05. The number of carbonyl (C=O) groups excluding carboxylic acids is 1. The van der Waals surface area contributed by atoms with E-state index in [0.717, 1.165) is 44.3 Å². The Hall–Kier alpha value is -2.02. The van der Waals surface area contributed by atoms with Gasteiger partial charge < -0.3 is 9.47 Å². The van der Waals surface area contributed by atoms with Crippen molar-refractivity contribution in [2.24, 2.45) is 11.3 Å². The van der Waals surface area contributed by atoms with Crippen molar-refractivity contribution in [2.75, 3.05) is 7.11 Å². The van der Waals surface area contributed by atoms with E-state index < -0.39 is 0 Å². The molecule has 1 aliphatic carbocycles. The van der Waals surface area contributed by atoms with Gasteiger partial charge in [-0.25, -0.2) is 0 Å². The van der Waals surface area contributed by atoms with E-state index in [-0.39, 0.29) is 17.3 Å². The Morgan fingerprint density at radius 2 is 1.83 bits per heavy atom. The molecule has 0 atom stereocenters. The first-order valence-corrected chi connectivity index (χ1v) is 8.89. The zero-order chi connectivity index (χ0) is 17.4. The number of nitrogens with zero attached hydrogens (tertiary/aromatic N) is 1. The highest BCUT2D eigenvalue weighted by Gasteiger charge is 2.37. The maximum atomic E-state index is 12.3. The van der Waals surface area contributed by atoms with Crippen LogP contribution in [0.3, 0.4) is 0 Å². The molecular weight excluding hydrogens is 302 g/mol. The van der Waals surface area contributed by atoms with Crippen molar-refractivity contribution in [3.05, 3.63) is 24.3 Å². The van der Waals surface area contributed by atoms with Crippen LogP contribution in [0.2, 0.25) is 0 Å². The Morgan fingerprint density at radius 3 is 2.38 bits per heavy atom. The maximum Gasteiger partial charge on any atom is 0.314 e. The van der Waals surface area contributed by atoms with Crippen LogP contribution in [0, 0.1) is 22.7 Å². The molecular formula is C20H27NO3. The number of nitriles is 1. The minimum absolute atomic E-state index is 0.0975. The summed E-state index contributed by atoms with van der Waals surface area (Å²) in [6.45, 7) is 2.17. The van der Waals surface area contributed by atoms with Crippen molar-refractivity contribution in [3.8, 4) is 17.6 Å². The molecule has 1 fully saturated rings. The molecule has 0 aliphatic heterocycles. The largest absolute Gasteiger partial charge is 0.497 e. The third-order valence-corrected chi connectivity index (χ3v) is 5.05. The summed E-state index contributed by atoms with van der Waals surface area (Å²) >= 11 is 0. The smallest absolute Gasteiger partial charge is 0.314 e. The van der Waals surface area contributed by atoms with Crippen LogP contribution in [0.15, 0.2) is 24.3 Å². The summed E-state index contributed by atoms with van der Waals surface area (Å²) in [7, 11) is 1.60. The Balaban J connectivity index is 1.86. The summed E-state index contributed by atoms with van der Waals surface area (Å²) < 4.78 is 10.6. The van der Waals surface area contributed by atoms with Gasteiger partial charge in [0.15, 0.2) is 0 Å². The first kappa shape index (κ1) is 18.3. The van der Waals surface area contributed by atoms with Crippen LogP contribution in [0.5, 0.6) is 11.5 Å². The fraction of sp³-hybridized carbons (Fsp3) is 0.600. The molecule has 24 heavy (non-hydrogen) atoms. The number of hydrogen-bond donors (Lipinski definition) is 0. The molecule has 4 heteroatoms. The molecule has 0 heterocycles. The van der Waals surface area contributed by atoms with Gasteiger partial charge in [0.2, 0.25) is 0 Å². The van der Waals surface area contributed by atoms with Crippen LogP contribution in [0.1, 0.15) is 58.3 Å². The predicted molar refractivity (Wildman–Crippen MR) is 92.8 cm³/mol. The van der Waals surface area contributed by atoms with Crippen LogP contribution in [-0.2, 0) is 4.79 Å². The highest BCUT2D eigenvalue weighted by atomic mass is 16.5. The highest BCUT2D eigenvalue weighted by molar-refractivity contribution is 5.75. The summed E-state index contributed by atoms with van der Waals surface area (Å²) in [6, 6.07) is 9.56. The van der Waals surface area contributed by atoms with E-state index in [1.54, 1.807) is 31.4 Å². The molecule has 1 saturated carbocycles.